The normalized spacial score (nSPS) is 17.2. The van der Waals surface area contributed by atoms with E-state index in [9.17, 15) is 13.2 Å². The summed E-state index contributed by atoms with van der Waals surface area (Å²) in [6, 6.07) is 12.0. The molecule has 2 aromatic rings. The number of anilines is 1. The summed E-state index contributed by atoms with van der Waals surface area (Å²) in [4.78, 5) is 12.9. The maximum Gasteiger partial charge on any atom is 0.240 e. The van der Waals surface area contributed by atoms with Crippen molar-refractivity contribution in [3.05, 3.63) is 48.0 Å². The molecule has 26 heavy (non-hydrogen) atoms. The second-order valence-electron chi connectivity index (χ2n) is 6.01. The number of rotatable bonds is 5. The molecule has 1 unspecified atom stereocenters. The third kappa shape index (κ3) is 4.38. The van der Waals surface area contributed by atoms with E-state index in [-0.39, 0.29) is 22.6 Å². The largest absolute Gasteiger partial charge is 0.497 e. The molecule has 6 nitrogen and oxygen atoms in total. The highest BCUT2D eigenvalue weighted by Crippen LogP contribution is 2.36. The van der Waals surface area contributed by atoms with Crippen molar-refractivity contribution in [2.24, 2.45) is 0 Å². The molecule has 3 rings (SSSR count). The molecule has 1 amide bonds. The van der Waals surface area contributed by atoms with Crippen LogP contribution in [0.5, 0.6) is 5.75 Å². The maximum atomic E-state index is 12.6. The Balaban J connectivity index is 1.80. The molecule has 8 heteroatoms. The molecule has 0 saturated carbocycles. The van der Waals surface area contributed by atoms with Gasteiger partial charge in [0.15, 0.2) is 0 Å². The zero-order valence-corrected chi connectivity index (χ0v) is 16.1. The van der Waals surface area contributed by atoms with Gasteiger partial charge in [-0.15, -0.1) is 11.8 Å². The van der Waals surface area contributed by atoms with Gasteiger partial charge in [0.1, 0.15) is 5.75 Å². The summed E-state index contributed by atoms with van der Waals surface area (Å²) in [5, 5.41) is 2.93. The first kappa shape index (κ1) is 18.8. The van der Waals surface area contributed by atoms with Crippen molar-refractivity contribution in [3.63, 3.8) is 0 Å². The number of ether oxygens (including phenoxy) is 1. The van der Waals surface area contributed by atoms with Crippen LogP contribution in [0.25, 0.3) is 0 Å². The quantitative estimate of drug-likeness (QED) is 0.817. The average Bonchev–Trinajstić information content (AvgIpc) is 2.75. The number of nitrogens with one attached hydrogen (secondary N) is 2. The number of fused-ring (bicyclic) bond motifs is 1. The van der Waals surface area contributed by atoms with E-state index in [1.165, 1.54) is 6.07 Å². The van der Waals surface area contributed by atoms with Gasteiger partial charge in [0, 0.05) is 23.1 Å². The van der Waals surface area contributed by atoms with Gasteiger partial charge >= 0.3 is 0 Å². The first-order chi connectivity index (χ1) is 12.4. The molecule has 0 aromatic heterocycles. The van der Waals surface area contributed by atoms with Gasteiger partial charge < -0.3 is 10.1 Å². The van der Waals surface area contributed by atoms with Gasteiger partial charge in [-0.3, -0.25) is 4.79 Å². The second kappa shape index (κ2) is 7.69. The predicted octanol–water partition coefficient (Wildman–Crippen LogP) is 3.00. The lowest BCUT2D eigenvalue weighted by Gasteiger charge is -2.11. The van der Waals surface area contributed by atoms with Crippen LogP contribution in [0.2, 0.25) is 0 Å². The van der Waals surface area contributed by atoms with E-state index in [4.69, 9.17) is 4.74 Å². The molecule has 1 heterocycles. The molecule has 138 valence electrons. The molecule has 0 aliphatic carbocycles. The molecule has 0 fully saturated rings. The van der Waals surface area contributed by atoms with Gasteiger partial charge in [-0.25, -0.2) is 13.1 Å². The van der Waals surface area contributed by atoms with Crippen molar-refractivity contribution >= 4 is 33.4 Å². The fourth-order valence-electron chi connectivity index (χ4n) is 2.64. The van der Waals surface area contributed by atoms with Crippen molar-refractivity contribution in [2.45, 2.75) is 34.9 Å². The molecule has 1 aliphatic heterocycles. The summed E-state index contributed by atoms with van der Waals surface area (Å²) in [6.45, 7) is 2.12. The Morgan fingerprint density at radius 3 is 2.85 bits per heavy atom. The van der Waals surface area contributed by atoms with E-state index >= 15 is 0 Å². The van der Waals surface area contributed by atoms with Crippen LogP contribution in [0.3, 0.4) is 0 Å². The van der Waals surface area contributed by atoms with E-state index in [2.05, 4.69) is 10.0 Å². The van der Waals surface area contributed by atoms with Crippen molar-refractivity contribution in [1.82, 2.24) is 4.72 Å². The van der Waals surface area contributed by atoms with Crippen LogP contribution < -0.4 is 14.8 Å². The minimum atomic E-state index is -3.71. The molecular formula is C18H20N2O4S2. The van der Waals surface area contributed by atoms with E-state index < -0.39 is 10.0 Å². The van der Waals surface area contributed by atoms with Crippen LogP contribution in [-0.4, -0.2) is 26.7 Å². The van der Waals surface area contributed by atoms with Gasteiger partial charge in [0.05, 0.1) is 17.7 Å². The Bertz CT molecular complexity index is 929. The van der Waals surface area contributed by atoms with E-state index in [1.807, 2.05) is 13.0 Å². The summed E-state index contributed by atoms with van der Waals surface area (Å²) in [5.41, 5.74) is 1.33. The number of hydrogen-bond acceptors (Lipinski definition) is 5. The topological polar surface area (TPSA) is 84.5 Å². The number of methoxy groups -OCH3 is 1. The minimum Gasteiger partial charge on any atom is -0.497 e. The first-order valence-electron chi connectivity index (χ1n) is 8.10. The summed E-state index contributed by atoms with van der Waals surface area (Å²) < 4.78 is 33.0. The van der Waals surface area contributed by atoms with Crippen LogP contribution in [0.1, 0.15) is 18.9 Å². The zero-order valence-electron chi connectivity index (χ0n) is 14.5. The highest BCUT2D eigenvalue weighted by atomic mass is 32.2. The zero-order chi connectivity index (χ0) is 18.7. The lowest BCUT2D eigenvalue weighted by Crippen LogP contribution is -2.23. The molecular weight excluding hydrogens is 372 g/mol. The lowest BCUT2D eigenvalue weighted by molar-refractivity contribution is -0.116. The molecule has 0 radical (unpaired) electrons. The van der Waals surface area contributed by atoms with Crippen LogP contribution in [0, 0.1) is 0 Å². The molecule has 2 N–H and O–H groups in total. The van der Waals surface area contributed by atoms with Crippen LogP contribution in [0.15, 0.2) is 52.3 Å². The fourth-order valence-corrected chi connectivity index (χ4v) is 4.74. The number of carbonyl (C=O) groups is 1. The average molecular weight is 393 g/mol. The number of amides is 1. The SMILES string of the molecule is COc1cccc(CNS(=O)(=O)c2ccc3c(c2)NC(=O)CC(C)S3)c1. The molecule has 2 aromatic carbocycles. The standard InChI is InChI=1S/C18H20N2O4S2/c1-12-8-18(21)20-16-10-15(6-7-17(16)25-12)26(22,23)19-11-13-4-3-5-14(9-13)24-2/h3-7,9-10,12,19H,8,11H2,1-2H3,(H,20,21). The van der Waals surface area contributed by atoms with Crippen molar-refractivity contribution in [1.29, 1.82) is 0 Å². The molecule has 0 saturated heterocycles. The number of thioether (sulfide) groups is 1. The molecule has 0 spiro atoms. The number of sulfonamides is 1. The van der Waals surface area contributed by atoms with Gasteiger partial charge in [-0.1, -0.05) is 19.1 Å². The van der Waals surface area contributed by atoms with E-state index in [1.54, 1.807) is 49.2 Å². The van der Waals surface area contributed by atoms with Gasteiger partial charge in [0.2, 0.25) is 15.9 Å². The summed E-state index contributed by atoms with van der Waals surface area (Å²) in [6.07, 6.45) is 0.398. The summed E-state index contributed by atoms with van der Waals surface area (Å²) in [5.74, 6) is 0.559. The maximum absolute atomic E-state index is 12.6. The second-order valence-corrected chi connectivity index (χ2v) is 9.26. The third-order valence-corrected chi connectivity index (χ3v) is 6.51. The van der Waals surface area contributed by atoms with Gasteiger partial charge in [0.25, 0.3) is 0 Å². The Morgan fingerprint density at radius 2 is 2.08 bits per heavy atom. The Morgan fingerprint density at radius 1 is 1.27 bits per heavy atom. The molecule has 1 aliphatic rings. The Labute approximate surface area is 157 Å². The predicted molar refractivity (Wildman–Crippen MR) is 102 cm³/mol. The van der Waals surface area contributed by atoms with E-state index in [0.29, 0.717) is 17.9 Å². The summed E-state index contributed by atoms with van der Waals surface area (Å²) >= 11 is 1.56. The Hall–Kier alpha value is -2.03. The number of benzene rings is 2. The Kier molecular flexibility index (Phi) is 5.55. The van der Waals surface area contributed by atoms with Crippen LogP contribution in [0.4, 0.5) is 5.69 Å². The lowest BCUT2D eigenvalue weighted by atomic mass is 10.2. The van der Waals surface area contributed by atoms with Crippen molar-refractivity contribution < 1.29 is 17.9 Å². The van der Waals surface area contributed by atoms with Gasteiger partial charge in [-0.2, -0.15) is 0 Å². The third-order valence-electron chi connectivity index (χ3n) is 3.94. The van der Waals surface area contributed by atoms with Crippen molar-refractivity contribution in [3.8, 4) is 5.75 Å². The number of carbonyl (C=O) groups excluding carboxylic acids is 1. The molecule has 1 atom stereocenters. The van der Waals surface area contributed by atoms with Crippen LogP contribution >= 0.6 is 11.8 Å². The van der Waals surface area contributed by atoms with Crippen LogP contribution in [-0.2, 0) is 21.4 Å². The monoisotopic (exact) mass is 392 g/mol. The first-order valence-corrected chi connectivity index (χ1v) is 10.5. The van der Waals surface area contributed by atoms with Gasteiger partial charge in [-0.05, 0) is 35.9 Å². The van der Waals surface area contributed by atoms with E-state index in [0.717, 1.165) is 10.5 Å². The highest BCUT2D eigenvalue weighted by molar-refractivity contribution is 8.00. The minimum absolute atomic E-state index is 0.109. The van der Waals surface area contributed by atoms with Crippen molar-refractivity contribution in [2.75, 3.05) is 12.4 Å². The number of hydrogen-bond donors (Lipinski definition) is 2. The fraction of sp³-hybridized carbons (Fsp3) is 0.278. The highest BCUT2D eigenvalue weighted by Gasteiger charge is 2.22. The smallest absolute Gasteiger partial charge is 0.240 e. The molecule has 0 bridgehead atoms. The summed E-state index contributed by atoms with van der Waals surface area (Å²) in [7, 11) is -2.14.